The molecular formula is C18H18BrIO3. The molecular weight excluding hydrogens is 471 g/mol. The molecule has 2 rings (SSSR count). The normalized spacial score (nSPS) is 11.2. The molecule has 122 valence electrons. The zero-order chi connectivity index (χ0) is 17.2. The Kier molecular flexibility index (Phi) is 5.73. The van der Waals surface area contributed by atoms with E-state index in [4.69, 9.17) is 9.47 Å². The summed E-state index contributed by atoms with van der Waals surface area (Å²) in [5.41, 5.74) is 1.34. The molecule has 0 spiro atoms. The molecule has 0 bridgehead atoms. The molecule has 0 saturated heterocycles. The SMILES string of the molecule is COc1ccc(C(=O)Oc2ccc(Br)cc2C(C)(C)C)cc1I. The van der Waals surface area contributed by atoms with Crippen molar-refractivity contribution in [3.05, 3.63) is 55.6 Å². The highest BCUT2D eigenvalue weighted by Gasteiger charge is 2.21. The van der Waals surface area contributed by atoms with Gasteiger partial charge < -0.3 is 9.47 Å². The van der Waals surface area contributed by atoms with Crippen molar-refractivity contribution in [2.45, 2.75) is 26.2 Å². The third-order valence-corrected chi connectivity index (χ3v) is 4.68. The summed E-state index contributed by atoms with van der Waals surface area (Å²) >= 11 is 5.61. The Morgan fingerprint density at radius 3 is 2.30 bits per heavy atom. The van der Waals surface area contributed by atoms with Crippen LogP contribution in [0.2, 0.25) is 0 Å². The van der Waals surface area contributed by atoms with Gasteiger partial charge in [-0.15, -0.1) is 0 Å². The highest BCUT2D eigenvalue weighted by atomic mass is 127. The summed E-state index contributed by atoms with van der Waals surface area (Å²) in [4.78, 5) is 12.5. The summed E-state index contributed by atoms with van der Waals surface area (Å²) < 4.78 is 12.7. The summed E-state index contributed by atoms with van der Waals surface area (Å²) in [6.45, 7) is 6.26. The molecule has 3 nitrogen and oxygen atoms in total. The highest BCUT2D eigenvalue weighted by Crippen LogP contribution is 2.34. The molecule has 0 atom stereocenters. The molecule has 0 aliphatic rings. The number of benzene rings is 2. The Morgan fingerprint density at radius 1 is 1.09 bits per heavy atom. The number of esters is 1. The van der Waals surface area contributed by atoms with Gasteiger partial charge in [-0.2, -0.15) is 0 Å². The Morgan fingerprint density at radius 2 is 1.74 bits per heavy atom. The molecule has 2 aromatic carbocycles. The van der Waals surface area contributed by atoms with Crippen molar-refractivity contribution in [3.8, 4) is 11.5 Å². The minimum absolute atomic E-state index is 0.131. The van der Waals surface area contributed by atoms with E-state index >= 15 is 0 Å². The first-order valence-electron chi connectivity index (χ1n) is 7.08. The van der Waals surface area contributed by atoms with Gasteiger partial charge in [0.2, 0.25) is 0 Å². The Labute approximate surface area is 158 Å². The van der Waals surface area contributed by atoms with Gasteiger partial charge in [0, 0.05) is 10.0 Å². The maximum absolute atomic E-state index is 12.5. The maximum atomic E-state index is 12.5. The lowest BCUT2D eigenvalue weighted by Gasteiger charge is -2.22. The fraction of sp³-hybridized carbons (Fsp3) is 0.278. The van der Waals surface area contributed by atoms with Gasteiger partial charge in [-0.25, -0.2) is 4.79 Å². The Hall–Kier alpha value is -1.08. The number of carbonyl (C=O) groups is 1. The van der Waals surface area contributed by atoms with Crippen LogP contribution >= 0.6 is 38.5 Å². The Bertz CT molecular complexity index is 736. The third kappa shape index (κ3) is 4.47. The van der Waals surface area contributed by atoms with Crippen molar-refractivity contribution in [1.82, 2.24) is 0 Å². The van der Waals surface area contributed by atoms with E-state index in [2.05, 4.69) is 59.3 Å². The summed E-state index contributed by atoms with van der Waals surface area (Å²) in [5.74, 6) is 0.941. The van der Waals surface area contributed by atoms with Crippen LogP contribution in [-0.4, -0.2) is 13.1 Å². The average Bonchev–Trinajstić information content (AvgIpc) is 2.47. The lowest BCUT2D eigenvalue weighted by Crippen LogP contribution is -2.16. The van der Waals surface area contributed by atoms with Gasteiger partial charge in [-0.3, -0.25) is 0 Å². The van der Waals surface area contributed by atoms with Crippen molar-refractivity contribution in [1.29, 1.82) is 0 Å². The zero-order valence-corrected chi connectivity index (χ0v) is 17.2. The number of ether oxygens (including phenoxy) is 2. The van der Waals surface area contributed by atoms with E-state index in [0.29, 0.717) is 11.3 Å². The largest absolute Gasteiger partial charge is 0.496 e. The van der Waals surface area contributed by atoms with Gasteiger partial charge in [0.15, 0.2) is 0 Å². The summed E-state index contributed by atoms with van der Waals surface area (Å²) in [6, 6.07) is 10.9. The molecule has 0 N–H and O–H groups in total. The van der Waals surface area contributed by atoms with Crippen LogP contribution in [0.1, 0.15) is 36.7 Å². The minimum atomic E-state index is -0.376. The second-order valence-corrected chi connectivity index (χ2v) is 8.21. The number of hydrogen-bond acceptors (Lipinski definition) is 3. The number of hydrogen-bond donors (Lipinski definition) is 0. The molecule has 0 amide bonds. The van der Waals surface area contributed by atoms with E-state index < -0.39 is 0 Å². The van der Waals surface area contributed by atoms with E-state index in [1.165, 1.54) is 0 Å². The van der Waals surface area contributed by atoms with E-state index in [1.807, 2.05) is 18.2 Å². The smallest absolute Gasteiger partial charge is 0.343 e. The molecule has 0 radical (unpaired) electrons. The second-order valence-electron chi connectivity index (χ2n) is 6.13. The van der Waals surface area contributed by atoms with Gasteiger partial charge in [-0.05, 0) is 64.4 Å². The van der Waals surface area contributed by atoms with E-state index in [1.54, 1.807) is 25.3 Å². The van der Waals surface area contributed by atoms with Crippen molar-refractivity contribution in [3.63, 3.8) is 0 Å². The first-order chi connectivity index (χ1) is 10.7. The predicted molar refractivity (Wildman–Crippen MR) is 104 cm³/mol. The maximum Gasteiger partial charge on any atom is 0.343 e. The van der Waals surface area contributed by atoms with Crippen LogP contribution in [0, 0.1) is 3.57 Å². The topological polar surface area (TPSA) is 35.5 Å². The second kappa shape index (κ2) is 7.21. The van der Waals surface area contributed by atoms with Gasteiger partial charge in [0.25, 0.3) is 0 Å². The molecule has 0 aliphatic carbocycles. The van der Waals surface area contributed by atoms with Gasteiger partial charge in [0.05, 0.1) is 16.2 Å². The summed E-state index contributed by atoms with van der Waals surface area (Å²) in [6.07, 6.45) is 0. The van der Waals surface area contributed by atoms with Crippen molar-refractivity contribution in [2.24, 2.45) is 0 Å². The molecule has 0 fully saturated rings. The van der Waals surface area contributed by atoms with Crippen molar-refractivity contribution in [2.75, 3.05) is 7.11 Å². The third-order valence-electron chi connectivity index (χ3n) is 3.34. The van der Waals surface area contributed by atoms with Crippen molar-refractivity contribution < 1.29 is 14.3 Å². The number of rotatable bonds is 3. The fourth-order valence-corrected chi connectivity index (χ4v) is 3.23. The Balaban J connectivity index is 2.32. The van der Waals surface area contributed by atoms with Crippen LogP contribution in [-0.2, 0) is 5.41 Å². The molecule has 2 aromatic rings. The van der Waals surface area contributed by atoms with E-state index in [-0.39, 0.29) is 11.4 Å². The average molecular weight is 489 g/mol. The predicted octanol–water partition coefficient (Wildman–Crippen LogP) is 5.58. The lowest BCUT2D eigenvalue weighted by molar-refractivity contribution is 0.0731. The fourth-order valence-electron chi connectivity index (χ4n) is 2.13. The molecule has 0 saturated carbocycles. The lowest BCUT2D eigenvalue weighted by atomic mass is 9.86. The summed E-state index contributed by atoms with van der Waals surface area (Å²) in [7, 11) is 1.60. The standard InChI is InChI=1S/C18H18BrIO3/c1-18(2,3)13-10-12(19)6-8-15(13)23-17(21)11-5-7-16(22-4)14(20)9-11/h5-10H,1-4H3. The molecule has 0 heterocycles. The molecule has 0 aromatic heterocycles. The van der Waals surface area contributed by atoms with Crippen molar-refractivity contribution >= 4 is 44.5 Å². The van der Waals surface area contributed by atoms with Crippen LogP contribution < -0.4 is 9.47 Å². The number of carbonyl (C=O) groups excluding carboxylic acids is 1. The van der Waals surface area contributed by atoms with Gasteiger partial charge >= 0.3 is 5.97 Å². The number of halogens is 2. The van der Waals surface area contributed by atoms with Gasteiger partial charge in [-0.1, -0.05) is 36.7 Å². The van der Waals surface area contributed by atoms with E-state index in [0.717, 1.165) is 19.4 Å². The van der Waals surface area contributed by atoms with Crippen LogP contribution in [0.15, 0.2) is 40.9 Å². The van der Waals surface area contributed by atoms with Gasteiger partial charge in [0.1, 0.15) is 11.5 Å². The molecule has 5 heteroatoms. The first-order valence-corrected chi connectivity index (χ1v) is 8.95. The molecule has 23 heavy (non-hydrogen) atoms. The van der Waals surface area contributed by atoms with Crippen LogP contribution in [0.5, 0.6) is 11.5 Å². The monoisotopic (exact) mass is 488 g/mol. The minimum Gasteiger partial charge on any atom is -0.496 e. The highest BCUT2D eigenvalue weighted by molar-refractivity contribution is 14.1. The zero-order valence-electron chi connectivity index (χ0n) is 13.4. The first kappa shape index (κ1) is 18.3. The summed E-state index contributed by atoms with van der Waals surface area (Å²) in [5, 5.41) is 0. The van der Waals surface area contributed by atoms with Crippen LogP contribution in [0.3, 0.4) is 0 Å². The number of methoxy groups -OCH3 is 1. The van der Waals surface area contributed by atoms with E-state index in [9.17, 15) is 4.79 Å². The van der Waals surface area contributed by atoms with Crippen LogP contribution in [0.25, 0.3) is 0 Å². The quantitative estimate of drug-likeness (QED) is 0.321. The molecule has 0 aliphatic heterocycles. The molecule has 0 unspecified atom stereocenters. The van der Waals surface area contributed by atoms with Crippen LogP contribution in [0.4, 0.5) is 0 Å².